The number of carbonyl (C=O) groups is 2. The minimum atomic E-state index is -3.17. The van der Waals surface area contributed by atoms with Crippen molar-refractivity contribution in [3.63, 3.8) is 0 Å². The van der Waals surface area contributed by atoms with E-state index >= 15 is 0 Å². The number of rotatable bonds is 7. The van der Waals surface area contributed by atoms with Crippen LogP contribution >= 0.6 is 11.3 Å². The fourth-order valence-electron chi connectivity index (χ4n) is 4.94. The zero-order chi connectivity index (χ0) is 23.6. The first kappa shape index (κ1) is 24.1. The zero-order valence-electron chi connectivity index (χ0n) is 18.5. The molecule has 2 fully saturated rings. The molecule has 2 aliphatic rings. The lowest BCUT2D eigenvalue weighted by atomic mass is 9.93. The van der Waals surface area contributed by atoms with Crippen LogP contribution in [0.1, 0.15) is 53.8 Å². The molecular formula is C23H28FNO6S2. The molecule has 1 aromatic carbocycles. The summed E-state index contributed by atoms with van der Waals surface area (Å²) in [5, 5.41) is 0.322. The van der Waals surface area contributed by atoms with Crippen molar-refractivity contribution in [3.8, 4) is 0 Å². The summed E-state index contributed by atoms with van der Waals surface area (Å²) in [6, 6.07) is 4.19. The van der Waals surface area contributed by atoms with Gasteiger partial charge in [-0.15, -0.1) is 11.3 Å². The molecule has 7 nitrogen and oxygen atoms in total. The smallest absolute Gasteiger partial charge is 0.349 e. The largest absolute Gasteiger partial charge is 0.451 e. The highest BCUT2D eigenvalue weighted by Gasteiger charge is 2.39. The molecule has 33 heavy (non-hydrogen) atoms. The van der Waals surface area contributed by atoms with Gasteiger partial charge in [-0.2, -0.15) is 0 Å². The van der Waals surface area contributed by atoms with E-state index < -0.39 is 28.2 Å². The molecule has 1 saturated carbocycles. The molecule has 180 valence electrons. The number of nitrogens with zero attached hydrogens (tertiary/aromatic N) is 1. The highest BCUT2D eigenvalue weighted by Crippen LogP contribution is 2.34. The number of esters is 1. The van der Waals surface area contributed by atoms with Crippen molar-refractivity contribution in [3.05, 3.63) is 34.5 Å². The number of benzene rings is 1. The molecule has 2 heterocycles. The minimum absolute atomic E-state index is 0.0352. The van der Waals surface area contributed by atoms with Gasteiger partial charge in [-0.3, -0.25) is 4.79 Å². The Hall–Kier alpha value is -2.04. The van der Waals surface area contributed by atoms with Crippen LogP contribution in [0.3, 0.4) is 0 Å². The first-order valence-electron chi connectivity index (χ1n) is 11.2. The number of sulfone groups is 1. The number of methoxy groups -OCH3 is 1. The molecule has 10 heteroatoms. The second-order valence-corrected chi connectivity index (χ2v) is 12.0. The Bertz CT molecular complexity index is 1140. The van der Waals surface area contributed by atoms with Crippen LogP contribution in [0, 0.1) is 5.82 Å². The average Bonchev–Trinajstić information content (AvgIpc) is 3.34. The van der Waals surface area contributed by atoms with Gasteiger partial charge in [0.25, 0.3) is 5.91 Å². The molecule has 0 spiro atoms. The van der Waals surface area contributed by atoms with Gasteiger partial charge in [-0.1, -0.05) is 25.3 Å². The van der Waals surface area contributed by atoms with Crippen molar-refractivity contribution in [2.45, 2.75) is 57.2 Å². The Labute approximate surface area is 196 Å². The first-order valence-corrected chi connectivity index (χ1v) is 13.8. The molecular weight excluding hydrogens is 469 g/mol. The highest BCUT2D eigenvalue weighted by molar-refractivity contribution is 7.91. The maximum atomic E-state index is 14.4. The maximum Gasteiger partial charge on any atom is 0.349 e. The van der Waals surface area contributed by atoms with Crippen LogP contribution in [-0.4, -0.2) is 62.5 Å². The lowest BCUT2D eigenvalue weighted by molar-refractivity contribution is -0.139. The van der Waals surface area contributed by atoms with Gasteiger partial charge < -0.3 is 14.4 Å². The normalized spacial score (nSPS) is 20.7. The van der Waals surface area contributed by atoms with E-state index in [4.69, 9.17) is 9.47 Å². The van der Waals surface area contributed by atoms with Crippen molar-refractivity contribution in [2.75, 3.05) is 25.2 Å². The monoisotopic (exact) mass is 497 g/mol. The highest BCUT2D eigenvalue weighted by atomic mass is 32.2. The number of hydrogen-bond acceptors (Lipinski definition) is 7. The first-order chi connectivity index (χ1) is 15.8. The van der Waals surface area contributed by atoms with E-state index in [1.165, 1.54) is 13.2 Å². The molecule has 1 aliphatic heterocycles. The molecule has 4 rings (SSSR count). The fraction of sp³-hybridized carbons (Fsp3) is 0.565. The number of hydrogen-bond donors (Lipinski definition) is 0. The standard InChI is InChI=1S/C23H28FNO6S2/c1-30-12-17-21-18(24)8-5-9-19(21)32-22(17)23(27)31-13-20(26)25(15-6-3-2-4-7-15)16-10-11-33(28,29)14-16/h5,8-9,15-16H,2-4,6-7,10-14H2,1H3. The topological polar surface area (TPSA) is 90.0 Å². The Morgan fingerprint density at radius 3 is 2.58 bits per heavy atom. The minimum Gasteiger partial charge on any atom is -0.451 e. The molecule has 0 radical (unpaired) electrons. The average molecular weight is 498 g/mol. The quantitative estimate of drug-likeness (QED) is 0.542. The van der Waals surface area contributed by atoms with Gasteiger partial charge in [-0.25, -0.2) is 17.6 Å². The third-order valence-corrected chi connectivity index (χ3v) is 9.35. The Kier molecular flexibility index (Phi) is 7.35. The molecule has 1 saturated heterocycles. The van der Waals surface area contributed by atoms with E-state index in [2.05, 4.69) is 0 Å². The molecule has 0 N–H and O–H groups in total. The van der Waals surface area contributed by atoms with Crippen molar-refractivity contribution in [2.24, 2.45) is 0 Å². The van der Waals surface area contributed by atoms with Crippen molar-refractivity contribution >= 4 is 43.1 Å². The Morgan fingerprint density at radius 1 is 1.15 bits per heavy atom. The SMILES string of the molecule is COCc1c(C(=O)OCC(=O)N(C2CCCCC2)C2CCS(=O)(=O)C2)sc2cccc(F)c12. The predicted molar refractivity (Wildman–Crippen MR) is 124 cm³/mol. The summed E-state index contributed by atoms with van der Waals surface area (Å²) < 4.78 is 49.6. The molecule has 1 aromatic heterocycles. The number of ether oxygens (including phenoxy) is 2. The van der Waals surface area contributed by atoms with Gasteiger partial charge in [-0.05, 0) is 31.4 Å². The van der Waals surface area contributed by atoms with E-state index in [0.29, 0.717) is 22.1 Å². The van der Waals surface area contributed by atoms with Crippen LogP contribution < -0.4 is 0 Å². The molecule has 0 bridgehead atoms. The fourth-order valence-corrected chi connectivity index (χ4v) is 7.77. The molecule has 2 aromatic rings. The van der Waals surface area contributed by atoms with Gasteiger partial charge in [0.2, 0.25) is 0 Å². The molecule has 1 aliphatic carbocycles. The summed E-state index contributed by atoms with van der Waals surface area (Å²) in [6.45, 7) is -0.442. The van der Waals surface area contributed by atoms with Crippen molar-refractivity contribution in [1.29, 1.82) is 0 Å². The number of carbonyl (C=O) groups excluding carboxylic acids is 2. The van der Waals surface area contributed by atoms with Gasteiger partial charge in [0.15, 0.2) is 16.4 Å². The van der Waals surface area contributed by atoms with Crippen LogP contribution in [0.5, 0.6) is 0 Å². The summed E-state index contributed by atoms with van der Waals surface area (Å²) in [5.74, 6) is -1.51. The Morgan fingerprint density at radius 2 is 1.91 bits per heavy atom. The maximum absolute atomic E-state index is 14.4. The third-order valence-electron chi connectivity index (χ3n) is 6.42. The summed E-state index contributed by atoms with van der Waals surface area (Å²) in [5.41, 5.74) is 0.402. The van der Waals surface area contributed by atoms with E-state index in [0.717, 1.165) is 43.4 Å². The van der Waals surface area contributed by atoms with Gasteiger partial charge in [0.1, 0.15) is 10.7 Å². The van der Waals surface area contributed by atoms with Gasteiger partial charge in [0, 0.05) is 34.8 Å². The van der Waals surface area contributed by atoms with Crippen molar-refractivity contribution < 1.29 is 31.9 Å². The van der Waals surface area contributed by atoms with E-state index in [9.17, 15) is 22.4 Å². The zero-order valence-corrected chi connectivity index (χ0v) is 20.2. The van der Waals surface area contributed by atoms with Gasteiger partial charge >= 0.3 is 5.97 Å². The lowest BCUT2D eigenvalue weighted by Crippen LogP contribution is -2.50. The second-order valence-electron chi connectivity index (χ2n) is 8.68. The second kappa shape index (κ2) is 10.1. The molecule has 1 unspecified atom stereocenters. The van der Waals surface area contributed by atoms with Gasteiger partial charge in [0.05, 0.1) is 18.1 Å². The van der Waals surface area contributed by atoms with E-state index in [-0.39, 0.29) is 41.0 Å². The van der Waals surface area contributed by atoms with Crippen LogP contribution in [0.15, 0.2) is 18.2 Å². The third kappa shape index (κ3) is 5.22. The van der Waals surface area contributed by atoms with E-state index in [1.807, 2.05) is 0 Å². The summed E-state index contributed by atoms with van der Waals surface area (Å²) in [4.78, 5) is 27.9. The van der Waals surface area contributed by atoms with Crippen LogP contribution in [0.25, 0.3) is 10.1 Å². The summed E-state index contributed by atoms with van der Waals surface area (Å²) in [7, 11) is -1.71. The number of thiophene rings is 1. The van der Waals surface area contributed by atoms with Crippen molar-refractivity contribution in [1.82, 2.24) is 4.90 Å². The summed E-state index contributed by atoms with van der Waals surface area (Å²) >= 11 is 1.10. The molecule has 1 atom stereocenters. The number of amides is 1. The van der Waals surface area contributed by atoms with Crippen LogP contribution in [0.4, 0.5) is 4.39 Å². The van der Waals surface area contributed by atoms with Crippen LogP contribution in [-0.2, 0) is 30.7 Å². The lowest BCUT2D eigenvalue weighted by Gasteiger charge is -2.38. The Balaban J connectivity index is 1.52. The van der Waals surface area contributed by atoms with E-state index in [1.54, 1.807) is 17.0 Å². The molecule has 1 amide bonds. The summed E-state index contributed by atoms with van der Waals surface area (Å²) in [6.07, 6.45) is 5.13. The number of halogens is 1. The number of fused-ring (bicyclic) bond motifs is 1. The predicted octanol–water partition coefficient (Wildman–Crippen LogP) is 3.69. The van der Waals surface area contributed by atoms with Crippen LogP contribution in [0.2, 0.25) is 0 Å².